The van der Waals surface area contributed by atoms with Crippen molar-refractivity contribution < 1.29 is 13.2 Å². The van der Waals surface area contributed by atoms with Gasteiger partial charge in [0.15, 0.2) is 5.78 Å². The average Bonchev–Trinajstić information content (AvgIpc) is 2.53. The minimum absolute atomic E-state index is 0.148. The molecule has 0 amide bonds. The highest BCUT2D eigenvalue weighted by molar-refractivity contribution is 7.89. The molecule has 5 heteroatoms. The summed E-state index contributed by atoms with van der Waals surface area (Å²) >= 11 is 0. The zero-order chi connectivity index (χ0) is 19.4. The van der Waals surface area contributed by atoms with E-state index in [9.17, 15) is 13.2 Å². The highest BCUT2D eigenvalue weighted by atomic mass is 32.2. The number of sulfonamides is 1. The highest BCUT2D eigenvalue weighted by Gasteiger charge is 2.26. The summed E-state index contributed by atoms with van der Waals surface area (Å²) in [5, 5.41) is 4.83. The molecular formula is C21H27NO3S. The van der Waals surface area contributed by atoms with E-state index in [1.54, 1.807) is 18.2 Å². The first-order chi connectivity index (χ1) is 12.1. The molecule has 0 unspecified atom stereocenters. The van der Waals surface area contributed by atoms with Gasteiger partial charge in [-0.15, -0.1) is 0 Å². The number of rotatable bonds is 3. The van der Waals surface area contributed by atoms with E-state index in [0.717, 1.165) is 18.4 Å². The largest absolute Gasteiger partial charge is 0.294 e. The van der Waals surface area contributed by atoms with E-state index in [1.165, 1.54) is 24.1 Å². The van der Waals surface area contributed by atoms with Crippen LogP contribution in [0.5, 0.6) is 0 Å². The van der Waals surface area contributed by atoms with E-state index >= 15 is 0 Å². The summed E-state index contributed by atoms with van der Waals surface area (Å²) < 4.78 is 21.2. The van der Waals surface area contributed by atoms with Crippen molar-refractivity contribution >= 4 is 15.8 Å². The van der Waals surface area contributed by atoms with Gasteiger partial charge in [0, 0.05) is 11.5 Å². The predicted octanol–water partition coefficient (Wildman–Crippen LogP) is 4.30. The van der Waals surface area contributed by atoms with Crippen molar-refractivity contribution in [3.63, 3.8) is 0 Å². The van der Waals surface area contributed by atoms with Gasteiger partial charge in [0.25, 0.3) is 0 Å². The van der Waals surface area contributed by atoms with Crippen LogP contribution in [0.2, 0.25) is 0 Å². The number of nitrogens with two attached hydrogens (primary N) is 1. The van der Waals surface area contributed by atoms with Gasteiger partial charge in [0.05, 0.1) is 4.90 Å². The van der Waals surface area contributed by atoms with Gasteiger partial charge >= 0.3 is 0 Å². The van der Waals surface area contributed by atoms with Gasteiger partial charge in [-0.25, -0.2) is 13.6 Å². The number of Topliss-reactive ketones (excluding diaryl/α,β-unsaturated/α-hetero) is 1. The maximum Gasteiger partial charge on any atom is 0.238 e. The zero-order valence-corrected chi connectivity index (χ0v) is 16.4. The summed E-state index contributed by atoms with van der Waals surface area (Å²) in [6.45, 7) is 6.57. The van der Waals surface area contributed by atoms with Crippen molar-refractivity contribution in [2.75, 3.05) is 0 Å². The predicted molar refractivity (Wildman–Crippen MR) is 105 cm³/mol. The minimum Gasteiger partial charge on any atom is -0.294 e. The maximum absolute atomic E-state index is 12.0. The SMILES string of the molecule is CC(C)(C)c1ccc(C(=O)C2CCC2)cc1.NS(=O)(=O)c1ccccc1. The van der Waals surface area contributed by atoms with Gasteiger partial charge in [0.1, 0.15) is 0 Å². The number of hydrogen-bond donors (Lipinski definition) is 1. The Bertz CT molecular complexity index is 831. The van der Waals surface area contributed by atoms with Crippen molar-refractivity contribution in [1.29, 1.82) is 0 Å². The third-order valence-electron chi connectivity index (χ3n) is 4.58. The molecule has 2 N–H and O–H groups in total. The molecule has 0 radical (unpaired) electrons. The quantitative estimate of drug-likeness (QED) is 0.815. The fourth-order valence-electron chi connectivity index (χ4n) is 2.65. The van der Waals surface area contributed by atoms with Crippen LogP contribution in [0.25, 0.3) is 0 Å². The van der Waals surface area contributed by atoms with E-state index in [-0.39, 0.29) is 10.3 Å². The van der Waals surface area contributed by atoms with Gasteiger partial charge in [-0.3, -0.25) is 4.79 Å². The molecule has 140 valence electrons. The Balaban J connectivity index is 0.000000209. The molecule has 0 aliphatic heterocycles. The Labute approximate surface area is 156 Å². The Morgan fingerprint density at radius 2 is 1.50 bits per heavy atom. The van der Waals surface area contributed by atoms with Crippen molar-refractivity contribution in [2.45, 2.75) is 50.3 Å². The van der Waals surface area contributed by atoms with Gasteiger partial charge in [-0.05, 0) is 36.0 Å². The molecule has 1 aliphatic carbocycles. The minimum atomic E-state index is -3.50. The van der Waals surface area contributed by atoms with Crippen molar-refractivity contribution in [2.24, 2.45) is 11.1 Å². The molecule has 0 heterocycles. The molecule has 3 rings (SSSR count). The van der Waals surface area contributed by atoms with Crippen molar-refractivity contribution in [3.8, 4) is 0 Å². The van der Waals surface area contributed by atoms with Crippen LogP contribution < -0.4 is 5.14 Å². The summed E-state index contributed by atoms with van der Waals surface area (Å²) in [5.41, 5.74) is 2.34. The second-order valence-corrected chi connectivity index (χ2v) is 9.24. The molecule has 0 atom stereocenters. The number of hydrogen-bond acceptors (Lipinski definition) is 3. The lowest BCUT2D eigenvalue weighted by Gasteiger charge is -2.24. The molecular weight excluding hydrogens is 346 g/mol. The molecule has 26 heavy (non-hydrogen) atoms. The second kappa shape index (κ2) is 8.14. The summed E-state index contributed by atoms with van der Waals surface area (Å²) in [6.07, 6.45) is 3.39. The third kappa shape index (κ3) is 5.51. The number of ketones is 1. The van der Waals surface area contributed by atoms with E-state index in [1.807, 2.05) is 12.1 Å². The van der Waals surface area contributed by atoms with Crippen LogP contribution in [0, 0.1) is 5.92 Å². The molecule has 0 aromatic heterocycles. The average molecular weight is 374 g/mol. The summed E-state index contributed by atoms with van der Waals surface area (Å²) in [5.74, 6) is 0.646. The Hall–Kier alpha value is -1.98. The van der Waals surface area contributed by atoms with Crippen LogP contribution in [0.4, 0.5) is 0 Å². The van der Waals surface area contributed by atoms with Crippen LogP contribution >= 0.6 is 0 Å². The van der Waals surface area contributed by atoms with E-state index < -0.39 is 10.0 Å². The zero-order valence-electron chi connectivity index (χ0n) is 15.6. The van der Waals surface area contributed by atoms with Crippen molar-refractivity contribution in [1.82, 2.24) is 0 Å². The molecule has 0 bridgehead atoms. The molecule has 2 aromatic rings. The Morgan fingerprint density at radius 1 is 0.962 bits per heavy atom. The monoisotopic (exact) mass is 373 g/mol. The van der Waals surface area contributed by atoms with Crippen LogP contribution in [0.15, 0.2) is 59.5 Å². The first-order valence-corrected chi connectivity index (χ1v) is 10.4. The molecule has 1 fully saturated rings. The van der Waals surface area contributed by atoms with Gasteiger partial charge in [-0.2, -0.15) is 0 Å². The van der Waals surface area contributed by atoms with E-state index in [2.05, 4.69) is 32.9 Å². The summed E-state index contributed by atoms with van der Waals surface area (Å²) in [4.78, 5) is 12.1. The van der Waals surface area contributed by atoms with Crippen LogP contribution in [-0.2, 0) is 15.4 Å². The lowest BCUT2D eigenvalue weighted by molar-refractivity contribution is 0.0855. The van der Waals surface area contributed by atoms with E-state index in [4.69, 9.17) is 5.14 Å². The second-order valence-electron chi connectivity index (χ2n) is 7.68. The lowest BCUT2D eigenvalue weighted by Crippen LogP contribution is -2.22. The van der Waals surface area contributed by atoms with E-state index in [0.29, 0.717) is 11.7 Å². The highest BCUT2D eigenvalue weighted by Crippen LogP contribution is 2.30. The number of carbonyl (C=O) groups excluding carboxylic acids is 1. The Morgan fingerprint density at radius 3 is 1.85 bits per heavy atom. The van der Waals surface area contributed by atoms with Gasteiger partial charge < -0.3 is 0 Å². The molecule has 2 aromatic carbocycles. The standard InChI is InChI=1S/C15H20O.C6H7NO2S/c1-15(2,3)13-9-7-12(8-10-13)14(16)11-5-4-6-11;7-10(8,9)6-4-2-1-3-5-6/h7-11H,4-6H2,1-3H3;1-5H,(H2,7,8,9). The summed E-state index contributed by atoms with van der Waals surface area (Å²) in [6, 6.07) is 16.0. The topological polar surface area (TPSA) is 77.2 Å². The molecule has 0 saturated heterocycles. The maximum atomic E-state index is 12.0. The lowest BCUT2D eigenvalue weighted by atomic mass is 9.79. The fraction of sp³-hybridized carbons (Fsp3) is 0.381. The Kier molecular flexibility index (Phi) is 6.37. The first-order valence-electron chi connectivity index (χ1n) is 8.81. The molecule has 0 spiro atoms. The molecule has 1 saturated carbocycles. The number of carbonyl (C=O) groups is 1. The summed E-state index contributed by atoms with van der Waals surface area (Å²) in [7, 11) is -3.50. The molecule has 4 nitrogen and oxygen atoms in total. The smallest absolute Gasteiger partial charge is 0.238 e. The van der Waals surface area contributed by atoms with Crippen LogP contribution in [0.1, 0.15) is 56.0 Å². The first kappa shape index (κ1) is 20.3. The number of benzene rings is 2. The molecule has 1 aliphatic rings. The normalized spacial score (nSPS) is 14.8. The van der Waals surface area contributed by atoms with Crippen molar-refractivity contribution in [3.05, 3.63) is 65.7 Å². The number of primary sulfonamides is 1. The fourth-order valence-corrected chi connectivity index (χ4v) is 3.19. The van der Waals surface area contributed by atoms with Crippen LogP contribution in [0.3, 0.4) is 0 Å². The van der Waals surface area contributed by atoms with Gasteiger partial charge in [0.2, 0.25) is 10.0 Å². The third-order valence-corrected chi connectivity index (χ3v) is 5.51. The van der Waals surface area contributed by atoms with Crippen LogP contribution in [-0.4, -0.2) is 14.2 Å². The van der Waals surface area contributed by atoms with Gasteiger partial charge in [-0.1, -0.05) is 69.7 Å².